The summed E-state index contributed by atoms with van der Waals surface area (Å²) < 4.78 is 24.3. The topological polar surface area (TPSA) is 80.5 Å². The Bertz CT molecular complexity index is 549. The predicted octanol–water partition coefficient (Wildman–Crippen LogP) is 0.658. The summed E-state index contributed by atoms with van der Waals surface area (Å²) in [6.45, 7) is 1.97. The highest BCUT2D eigenvalue weighted by Gasteiger charge is 2.24. The Hall–Kier alpha value is -1.40. The van der Waals surface area contributed by atoms with Gasteiger partial charge >= 0.3 is 0 Å². The lowest BCUT2D eigenvalue weighted by molar-refractivity contribution is -0.123. The molecular formula is C14H20N2O3S. The maximum atomic E-state index is 12.1. The molecule has 20 heavy (non-hydrogen) atoms. The molecule has 6 heteroatoms. The normalized spacial score (nSPS) is 18.0. The summed E-state index contributed by atoms with van der Waals surface area (Å²) in [6, 6.07) is 8.49. The zero-order chi connectivity index (χ0) is 14.6. The van der Waals surface area contributed by atoms with E-state index < -0.39 is 9.84 Å². The number of amides is 1. The molecule has 0 aliphatic carbocycles. The summed E-state index contributed by atoms with van der Waals surface area (Å²) in [4.78, 5) is 13.5. The standard InChI is InChI=1S/C14H20N2O3S/c15-14(17)12-6-8-16(9-7-12)10-11-20(18,19)13-4-2-1-3-5-13/h1-5,12H,6-11H2,(H2,15,17). The number of nitrogens with zero attached hydrogens (tertiary/aromatic N) is 1. The van der Waals surface area contributed by atoms with Gasteiger partial charge in [-0.3, -0.25) is 4.79 Å². The number of piperidine rings is 1. The molecule has 0 spiro atoms. The Morgan fingerprint density at radius 1 is 1.20 bits per heavy atom. The third-order valence-electron chi connectivity index (χ3n) is 3.77. The minimum atomic E-state index is -3.22. The van der Waals surface area contributed by atoms with Crippen molar-refractivity contribution in [3.8, 4) is 0 Å². The van der Waals surface area contributed by atoms with E-state index in [2.05, 4.69) is 4.90 Å². The van der Waals surface area contributed by atoms with Crippen molar-refractivity contribution in [3.63, 3.8) is 0 Å². The predicted molar refractivity (Wildman–Crippen MR) is 76.9 cm³/mol. The maximum Gasteiger partial charge on any atom is 0.220 e. The van der Waals surface area contributed by atoms with Crippen molar-refractivity contribution in [2.24, 2.45) is 11.7 Å². The van der Waals surface area contributed by atoms with Crippen LogP contribution in [0.1, 0.15) is 12.8 Å². The van der Waals surface area contributed by atoms with Crippen LogP contribution in [0.4, 0.5) is 0 Å². The van der Waals surface area contributed by atoms with Crippen LogP contribution in [0, 0.1) is 5.92 Å². The van der Waals surface area contributed by atoms with Crippen LogP contribution < -0.4 is 5.73 Å². The van der Waals surface area contributed by atoms with E-state index in [0.29, 0.717) is 11.4 Å². The highest BCUT2D eigenvalue weighted by Crippen LogP contribution is 2.17. The van der Waals surface area contributed by atoms with E-state index in [1.165, 1.54) is 0 Å². The first-order valence-electron chi connectivity index (χ1n) is 6.78. The van der Waals surface area contributed by atoms with Crippen LogP contribution in [0.15, 0.2) is 35.2 Å². The van der Waals surface area contributed by atoms with Crippen molar-refractivity contribution in [2.45, 2.75) is 17.7 Å². The van der Waals surface area contributed by atoms with E-state index in [0.717, 1.165) is 25.9 Å². The molecule has 1 heterocycles. The third-order valence-corrected chi connectivity index (χ3v) is 5.48. The average molecular weight is 296 g/mol. The third kappa shape index (κ3) is 3.80. The number of hydrogen-bond acceptors (Lipinski definition) is 4. The number of hydrogen-bond donors (Lipinski definition) is 1. The number of carbonyl (C=O) groups is 1. The Morgan fingerprint density at radius 2 is 1.80 bits per heavy atom. The molecule has 0 radical (unpaired) electrons. The summed E-state index contributed by atoms with van der Waals surface area (Å²) in [5.74, 6) is -0.198. The van der Waals surface area contributed by atoms with E-state index in [4.69, 9.17) is 5.73 Å². The van der Waals surface area contributed by atoms with E-state index in [-0.39, 0.29) is 17.6 Å². The van der Waals surface area contributed by atoms with Crippen LogP contribution in [0.3, 0.4) is 0 Å². The molecule has 1 aliphatic rings. The number of likely N-dealkylation sites (tertiary alicyclic amines) is 1. The summed E-state index contributed by atoms with van der Waals surface area (Å²) in [7, 11) is -3.22. The van der Waals surface area contributed by atoms with Crippen molar-refractivity contribution < 1.29 is 13.2 Å². The molecule has 0 atom stereocenters. The minimum Gasteiger partial charge on any atom is -0.369 e. The second-order valence-corrected chi connectivity index (χ2v) is 7.26. The monoisotopic (exact) mass is 296 g/mol. The fourth-order valence-corrected chi connectivity index (χ4v) is 3.74. The molecule has 0 aromatic heterocycles. The molecule has 0 unspecified atom stereocenters. The molecule has 2 rings (SSSR count). The minimum absolute atomic E-state index is 0.0584. The summed E-state index contributed by atoms with van der Waals surface area (Å²) in [5, 5.41) is 0. The number of benzene rings is 1. The number of carbonyl (C=O) groups excluding carboxylic acids is 1. The molecule has 5 nitrogen and oxygen atoms in total. The van der Waals surface area contributed by atoms with Crippen LogP contribution >= 0.6 is 0 Å². The van der Waals surface area contributed by atoms with E-state index in [1.807, 2.05) is 0 Å². The zero-order valence-corrected chi connectivity index (χ0v) is 12.2. The molecule has 1 amide bonds. The van der Waals surface area contributed by atoms with Crippen LogP contribution in [-0.2, 0) is 14.6 Å². The lowest BCUT2D eigenvalue weighted by atomic mass is 9.96. The number of primary amides is 1. The fraction of sp³-hybridized carbons (Fsp3) is 0.500. The van der Waals surface area contributed by atoms with Gasteiger partial charge < -0.3 is 10.6 Å². The number of rotatable bonds is 5. The lowest BCUT2D eigenvalue weighted by Gasteiger charge is -2.30. The molecule has 110 valence electrons. The Labute approximate surface area is 119 Å². The first-order chi connectivity index (χ1) is 9.49. The maximum absolute atomic E-state index is 12.1. The van der Waals surface area contributed by atoms with Gasteiger partial charge in [0.1, 0.15) is 0 Å². The van der Waals surface area contributed by atoms with Gasteiger partial charge in [-0.2, -0.15) is 0 Å². The van der Waals surface area contributed by atoms with Gasteiger partial charge in [0.15, 0.2) is 9.84 Å². The van der Waals surface area contributed by atoms with Gasteiger partial charge in [-0.05, 0) is 38.1 Å². The molecule has 2 N–H and O–H groups in total. The van der Waals surface area contributed by atoms with Crippen molar-refractivity contribution in [1.82, 2.24) is 4.90 Å². The molecule has 1 aromatic rings. The van der Waals surface area contributed by atoms with Gasteiger partial charge in [-0.1, -0.05) is 18.2 Å². The average Bonchev–Trinajstić information content (AvgIpc) is 2.46. The Morgan fingerprint density at radius 3 is 2.35 bits per heavy atom. The Kier molecular flexibility index (Phi) is 4.77. The van der Waals surface area contributed by atoms with Crippen molar-refractivity contribution >= 4 is 15.7 Å². The number of nitrogens with two attached hydrogens (primary N) is 1. The highest BCUT2D eigenvalue weighted by atomic mass is 32.2. The molecular weight excluding hydrogens is 276 g/mol. The summed E-state index contributed by atoms with van der Waals surface area (Å²) in [6.07, 6.45) is 1.45. The fourth-order valence-electron chi connectivity index (χ4n) is 2.44. The SMILES string of the molecule is NC(=O)C1CCN(CCS(=O)(=O)c2ccccc2)CC1. The van der Waals surface area contributed by atoms with E-state index >= 15 is 0 Å². The molecule has 1 saturated heterocycles. The van der Waals surface area contributed by atoms with E-state index in [1.54, 1.807) is 30.3 Å². The van der Waals surface area contributed by atoms with E-state index in [9.17, 15) is 13.2 Å². The van der Waals surface area contributed by atoms with Gasteiger partial charge in [0.25, 0.3) is 0 Å². The van der Waals surface area contributed by atoms with Crippen LogP contribution in [0.5, 0.6) is 0 Å². The van der Waals surface area contributed by atoms with Crippen molar-refractivity contribution in [1.29, 1.82) is 0 Å². The lowest BCUT2D eigenvalue weighted by Crippen LogP contribution is -2.40. The quantitative estimate of drug-likeness (QED) is 0.865. The first-order valence-corrected chi connectivity index (χ1v) is 8.44. The van der Waals surface area contributed by atoms with Crippen molar-refractivity contribution in [2.75, 3.05) is 25.4 Å². The summed E-state index contributed by atoms with van der Waals surface area (Å²) in [5.41, 5.74) is 5.28. The molecule has 0 bridgehead atoms. The zero-order valence-electron chi connectivity index (χ0n) is 11.4. The highest BCUT2D eigenvalue weighted by molar-refractivity contribution is 7.91. The van der Waals surface area contributed by atoms with Crippen molar-refractivity contribution in [3.05, 3.63) is 30.3 Å². The largest absolute Gasteiger partial charge is 0.369 e. The summed E-state index contributed by atoms with van der Waals surface area (Å²) >= 11 is 0. The first kappa shape index (κ1) is 15.0. The van der Waals surface area contributed by atoms with Crippen LogP contribution in [0.25, 0.3) is 0 Å². The van der Waals surface area contributed by atoms with Gasteiger partial charge in [0.05, 0.1) is 10.6 Å². The Balaban J connectivity index is 1.86. The second-order valence-electron chi connectivity index (χ2n) is 5.15. The molecule has 1 aliphatic heterocycles. The van der Waals surface area contributed by atoms with Gasteiger partial charge in [-0.25, -0.2) is 8.42 Å². The number of sulfone groups is 1. The van der Waals surface area contributed by atoms with Gasteiger partial charge in [-0.15, -0.1) is 0 Å². The van der Waals surface area contributed by atoms with Crippen LogP contribution in [0.2, 0.25) is 0 Å². The second kappa shape index (κ2) is 6.37. The van der Waals surface area contributed by atoms with Gasteiger partial charge in [0, 0.05) is 12.5 Å². The van der Waals surface area contributed by atoms with Gasteiger partial charge in [0.2, 0.25) is 5.91 Å². The molecule has 0 saturated carbocycles. The molecule has 1 aromatic carbocycles. The van der Waals surface area contributed by atoms with Crippen LogP contribution in [-0.4, -0.2) is 44.6 Å². The molecule has 1 fully saturated rings. The smallest absolute Gasteiger partial charge is 0.220 e.